The third-order valence-electron chi connectivity index (χ3n) is 4.35. The van der Waals surface area contributed by atoms with E-state index >= 15 is 0 Å². The van der Waals surface area contributed by atoms with Crippen LogP contribution in [-0.4, -0.2) is 35.8 Å². The van der Waals surface area contributed by atoms with Gasteiger partial charge in [-0.15, -0.1) is 0 Å². The molecule has 0 spiro atoms. The summed E-state index contributed by atoms with van der Waals surface area (Å²) in [4.78, 5) is 26.9. The summed E-state index contributed by atoms with van der Waals surface area (Å²) >= 11 is 0. The SMILES string of the molecule is CCC(CC)C(=O)N[C@H](CC(C)C)C(=O)N1CCCCC1. The monoisotopic (exact) mass is 296 g/mol. The first-order chi connectivity index (χ1) is 9.99. The number of hydrogen-bond donors (Lipinski definition) is 1. The zero-order valence-electron chi connectivity index (χ0n) is 14.2. The number of rotatable bonds is 7. The van der Waals surface area contributed by atoms with Crippen LogP contribution in [0.15, 0.2) is 0 Å². The molecule has 2 amide bonds. The van der Waals surface area contributed by atoms with E-state index in [0.717, 1.165) is 45.2 Å². The minimum atomic E-state index is -0.351. The molecular formula is C17H32N2O2. The Labute approximate surface area is 129 Å². The largest absolute Gasteiger partial charge is 0.344 e. The van der Waals surface area contributed by atoms with Crippen LogP contribution < -0.4 is 5.32 Å². The molecule has 4 heteroatoms. The van der Waals surface area contributed by atoms with Gasteiger partial charge in [0.05, 0.1) is 0 Å². The van der Waals surface area contributed by atoms with Crippen LogP contribution in [-0.2, 0) is 9.59 Å². The standard InChI is InChI=1S/C17H32N2O2/c1-5-14(6-2)16(20)18-15(12-13(3)4)17(21)19-10-8-7-9-11-19/h13-15H,5-12H2,1-4H3,(H,18,20)/t15-/m1/s1. The second-order valence-electron chi connectivity index (χ2n) is 6.59. The lowest BCUT2D eigenvalue weighted by molar-refractivity contribution is -0.138. The van der Waals surface area contributed by atoms with E-state index in [0.29, 0.717) is 5.92 Å². The fourth-order valence-electron chi connectivity index (χ4n) is 2.98. The van der Waals surface area contributed by atoms with Crippen LogP contribution in [0.3, 0.4) is 0 Å². The molecule has 1 aliphatic rings. The van der Waals surface area contributed by atoms with Crippen molar-refractivity contribution in [1.29, 1.82) is 0 Å². The van der Waals surface area contributed by atoms with Gasteiger partial charge in [0.25, 0.3) is 0 Å². The van der Waals surface area contributed by atoms with Crippen LogP contribution >= 0.6 is 0 Å². The highest BCUT2D eigenvalue weighted by atomic mass is 16.2. The number of likely N-dealkylation sites (tertiary alicyclic amines) is 1. The summed E-state index contributed by atoms with van der Waals surface area (Å²) in [6.07, 6.45) is 5.75. The van der Waals surface area contributed by atoms with Gasteiger partial charge in [-0.25, -0.2) is 0 Å². The van der Waals surface area contributed by atoms with Gasteiger partial charge in [-0.05, 0) is 44.4 Å². The van der Waals surface area contributed by atoms with Crippen LogP contribution in [0, 0.1) is 11.8 Å². The first-order valence-corrected chi connectivity index (χ1v) is 8.58. The van der Waals surface area contributed by atoms with Gasteiger partial charge in [-0.2, -0.15) is 0 Å². The fraction of sp³-hybridized carbons (Fsp3) is 0.882. The smallest absolute Gasteiger partial charge is 0.245 e. The average molecular weight is 296 g/mol. The Morgan fingerprint density at radius 2 is 1.62 bits per heavy atom. The lowest BCUT2D eigenvalue weighted by Gasteiger charge is -2.32. The lowest BCUT2D eigenvalue weighted by Crippen LogP contribution is -2.51. The number of carbonyl (C=O) groups is 2. The van der Waals surface area contributed by atoms with Crippen molar-refractivity contribution in [2.75, 3.05) is 13.1 Å². The number of nitrogens with zero attached hydrogens (tertiary/aromatic N) is 1. The molecule has 0 bridgehead atoms. The molecule has 0 aromatic heterocycles. The summed E-state index contributed by atoms with van der Waals surface area (Å²) in [6, 6.07) is -0.351. The highest BCUT2D eigenvalue weighted by Crippen LogP contribution is 2.15. The van der Waals surface area contributed by atoms with Crippen LogP contribution in [0.2, 0.25) is 0 Å². The number of nitrogens with one attached hydrogen (secondary N) is 1. The fourth-order valence-corrected chi connectivity index (χ4v) is 2.98. The van der Waals surface area contributed by atoms with Crippen LogP contribution in [0.25, 0.3) is 0 Å². The number of amides is 2. The minimum absolute atomic E-state index is 0.0221. The predicted molar refractivity (Wildman–Crippen MR) is 85.9 cm³/mol. The van der Waals surface area contributed by atoms with Crippen molar-refractivity contribution in [3.63, 3.8) is 0 Å². The highest BCUT2D eigenvalue weighted by Gasteiger charge is 2.28. The molecule has 0 saturated carbocycles. The lowest BCUT2D eigenvalue weighted by atomic mass is 9.98. The van der Waals surface area contributed by atoms with Gasteiger partial charge in [-0.1, -0.05) is 27.7 Å². The molecule has 1 rings (SSSR count). The quantitative estimate of drug-likeness (QED) is 0.785. The third-order valence-corrected chi connectivity index (χ3v) is 4.35. The Hall–Kier alpha value is -1.06. The van der Waals surface area contributed by atoms with Gasteiger partial charge in [0, 0.05) is 19.0 Å². The summed E-state index contributed by atoms with van der Waals surface area (Å²) in [5, 5.41) is 3.02. The van der Waals surface area contributed by atoms with Crippen LogP contribution in [0.4, 0.5) is 0 Å². The molecule has 0 aliphatic carbocycles. The molecule has 1 aliphatic heterocycles. The molecule has 0 aromatic rings. The maximum Gasteiger partial charge on any atom is 0.245 e. The summed E-state index contributed by atoms with van der Waals surface area (Å²) in [7, 11) is 0. The van der Waals surface area contributed by atoms with Crippen molar-refractivity contribution in [2.45, 2.75) is 72.3 Å². The Morgan fingerprint density at radius 3 is 2.10 bits per heavy atom. The molecule has 1 atom stereocenters. The summed E-state index contributed by atoms with van der Waals surface area (Å²) in [6.45, 7) is 9.93. The molecule has 1 saturated heterocycles. The van der Waals surface area contributed by atoms with E-state index in [1.165, 1.54) is 6.42 Å². The van der Waals surface area contributed by atoms with E-state index in [4.69, 9.17) is 0 Å². The topological polar surface area (TPSA) is 49.4 Å². The summed E-state index contributed by atoms with van der Waals surface area (Å²) < 4.78 is 0. The van der Waals surface area contributed by atoms with E-state index < -0.39 is 0 Å². The van der Waals surface area contributed by atoms with E-state index in [-0.39, 0.29) is 23.8 Å². The Bertz CT molecular complexity index is 332. The van der Waals surface area contributed by atoms with Crippen molar-refractivity contribution in [1.82, 2.24) is 10.2 Å². The Morgan fingerprint density at radius 1 is 1.05 bits per heavy atom. The molecule has 0 radical (unpaired) electrons. The van der Waals surface area contributed by atoms with Gasteiger partial charge >= 0.3 is 0 Å². The molecule has 1 fully saturated rings. The Kier molecular flexibility index (Phi) is 7.76. The number of hydrogen-bond acceptors (Lipinski definition) is 2. The van der Waals surface area contributed by atoms with Gasteiger partial charge in [0.2, 0.25) is 11.8 Å². The zero-order chi connectivity index (χ0) is 15.8. The second-order valence-corrected chi connectivity index (χ2v) is 6.59. The second kappa shape index (κ2) is 9.06. The van der Waals surface area contributed by atoms with Gasteiger partial charge < -0.3 is 10.2 Å². The molecule has 21 heavy (non-hydrogen) atoms. The Balaban J connectivity index is 2.69. The average Bonchev–Trinajstić information content (AvgIpc) is 2.47. The molecule has 122 valence electrons. The van der Waals surface area contributed by atoms with Gasteiger partial charge in [0.15, 0.2) is 0 Å². The first kappa shape index (κ1) is 18.0. The zero-order valence-corrected chi connectivity index (χ0v) is 14.2. The first-order valence-electron chi connectivity index (χ1n) is 8.58. The van der Waals surface area contributed by atoms with Crippen LogP contribution in [0.1, 0.15) is 66.2 Å². The number of piperidine rings is 1. The summed E-state index contributed by atoms with van der Waals surface area (Å²) in [5.74, 6) is 0.568. The number of carbonyl (C=O) groups excluding carboxylic acids is 2. The molecular weight excluding hydrogens is 264 g/mol. The van der Waals surface area contributed by atoms with Gasteiger partial charge in [0.1, 0.15) is 6.04 Å². The van der Waals surface area contributed by atoms with Crippen LogP contribution in [0.5, 0.6) is 0 Å². The van der Waals surface area contributed by atoms with E-state index in [1.54, 1.807) is 0 Å². The van der Waals surface area contributed by atoms with Crippen molar-refractivity contribution in [3.05, 3.63) is 0 Å². The highest BCUT2D eigenvalue weighted by molar-refractivity contribution is 5.88. The summed E-state index contributed by atoms with van der Waals surface area (Å²) in [5.41, 5.74) is 0. The third kappa shape index (κ3) is 5.68. The molecule has 1 N–H and O–H groups in total. The van der Waals surface area contributed by atoms with E-state index in [9.17, 15) is 9.59 Å². The normalized spacial score (nSPS) is 17.1. The predicted octanol–water partition coefficient (Wildman–Crippen LogP) is 2.97. The van der Waals surface area contributed by atoms with Crippen molar-refractivity contribution < 1.29 is 9.59 Å². The molecule has 0 aromatic carbocycles. The maximum absolute atomic E-state index is 12.7. The van der Waals surface area contributed by atoms with Crippen molar-refractivity contribution in [3.8, 4) is 0 Å². The molecule has 4 nitrogen and oxygen atoms in total. The molecule has 1 heterocycles. The van der Waals surface area contributed by atoms with E-state index in [1.807, 2.05) is 18.7 Å². The van der Waals surface area contributed by atoms with Crippen molar-refractivity contribution >= 4 is 11.8 Å². The molecule has 0 unspecified atom stereocenters. The minimum Gasteiger partial charge on any atom is -0.344 e. The van der Waals surface area contributed by atoms with Crippen molar-refractivity contribution in [2.24, 2.45) is 11.8 Å². The van der Waals surface area contributed by atoms with Gasteiger partial charge in [-0.3, -0.25) is 9.59 Å². The van der Waals surface area contributed by atoms with E-state index in [2.05, 4.69) is 19.2 Å². The maximum atomic E-state index is 12.7.